The van der Waals surface area contributed by atoms with Crippen molar-refractivity contribution >= 4 is 41.2 Å². The van der Waals surface area contributed by atoms with Crippen molar-refractivity contribution < 1.29 is 19.8 Å². The first-order chi connectivity index (χ1) is 9.88. The number of β-amino-alcohol motifs (C(OH)–C–C–N with tert-alkyl or cyclic N) is 1. The van der Waals surface area contributed by atoms with Crippen molar-refractivity contribution in [2.24, 2.45) is 0 Å². The third-order valence-corrected chi connectivity index (χ3v) is 3.95. The molecule has 1 aromatic carbocycles. The maximum absolute atomic E-state index is 12.0. The minimum atomic E-state index is -1.12. The van der Waals surface area contributed by atoms with Gasteiger partial charge in [0.2, 0.25) is 5.91 Å². The van der Waals surface area contributed by atoms with Gasteiger partial charge in [-0.3, -0.25) is 4.79 Å². The molecule has 1 fully saturated rings. The molecule has 0 saturated carbocycles. The van der Waals surface area contributed by atoms with E-state index < -0.39 is 24.0 Å². The number of likely N-dealkylation sites (tertiary alicyclic amines) is 1. The van der Waals surface area contributed by atoms with Crippen molar-refractivity contribution in [2.75, 3.05) is 6.54 Å². The van der Waals surface area contributed by atoms with Crippen molar-refractivity contribution in [1.82, 2.24) is 4.90 Å². The largest absolute Gasteiger partial charge is 0.480 e. The van der Waals surface area contributed by atoms with Gasteiger partial charge in [-0.05, 0) is 23.8 Å². The van der Waals surface area contributed by atoms with E-state index in [-0.39, 0.29) is 13.0 Å². The van der Waals surface area contributed by atoms with Gasteiger partial charge in [0.25, 0.3) is 0 Å². The molecule has 1 aromatic rings. The van der Waals surface area contributed by atoms with Crippen molar-refractivity contribution in [3.05, 3.63) is 39.9 Å². The Morgan fingerprint density at radius 3 is 2.62 bits per heavy atom. The van der Waals surface area contributed by atoms with Gasteiger partial charge in [0.15, 0.2) is 0 Å². The second kappa shape index (κ2) is 6.47. The molecule has 0 aliphatic carbocycles. The molecule has 1 aliphatic rings. The Morgan fingerprint density at radius 2 is 2.00 bits per heavy atom. The number of aliphatic carboxylic acids is 1. The summed E-state index contributed by atoms with van der Waals surface area (Å²) in [5, 5.41) is 19.3. The van der Waals surface area contributed by atoms with E-state index in [4.69, 9.17) is 28.3 Å². The van der Waals surface area contributed by atoms with E-state index in [1.165, 1.54) is 12.2 Å². The number of aliphatic hydroxyl groups excluding tert-OH is 1. The lowest BCUT2D eigenvalue weighted by molar-refractivity contribution is -0.146. The fourth-order valence-corrected chi connectivity index (χ4v) is 2.48. The topological polar surface area (TPSA) is 77.8 Å². The molecule has 0 radical (unpaired) electrons. The zero-order valence-electron chi connectivity index (χ0n) is 10.9. The number of rotatable bonds is 3. The maximum Gasteiger partial charge on any atom is 0.326 e. The highest BCUT2D eigenvalue weighted by atomic mass is 35.5. The molecule has 1 saturated heterocycles. The lowest BCUT2D eigenvalue weighted by Gasteiger charge is -2.19. The predicted molar refractivity (Wildman–Crippen MR) is 79.3 cm³/mol. The summed E-state index contributed by atoms with van der Waals surface area (Å²) in [5.41, 5.74) is 0.671. The molecule has 112 valence electrons. The molecule has 1 heterocycles. The van der Waals surface area contributed by atoms with Gasteiger partial charge in [-0.1, -0.05) is 29.3 Å². The number of aliphatic hydroxyl groups is 1. The molecular formula is C14H13Cl2NO4. The summed E-state index contributed by atoms with van der Waals surface area (Å²) in [5.74, 6) is -1.59. The van der Waals surface area contributed by atoms with Gasteiger partial charge in [-0.15, -0.1) is 0 Å². The fourth-order valence-electron chi connectivity index (χ4n) is 2.17. The number of nitrogens with zero attached hydrogens (tertiary/aromatic N) is 1. The van der Waals surface area contributed by atoms with Crippen molar-refractivity contribution in [3.8, 4) is 0 Å². The van der Waals surface area contributed by atoms with Crippen LogP contribution in [0.5, 0.6) is 0 Å². The van der Waals surface area contributed by atoms with Crippen LogP contribution in [0.4, 0.5) is 0 Å². The summed E-state index contributed by atoms with van der Waals surface area (Å²) >= 11 is 11.7. The predicted octanol–water partition coefficient (Wildman–Crippen LogP) is 2.05. The minimum absolute atomic E-state index is 0.0154. The molecule has 1 aliphatic heterocycles. The summed E-state index contributed by atoms with van der Waals surface area (Å²) in [6, 6.07) is 3.89. The summed E-state index contributed by atoms with van der Waals surface area (Å²) in [4.78, 5) is 24.2. The highest BCUT2D eigenvalue weighted by Gasteiger charge is 2.37. The standard InChI is InChI=1S/C14H13Cl2NO4/c15-10-3-1-8(5-11(10)16)2-4-13(19)17-7-9(18)6-12(17)14(20)21/h1-5,9,12,18H,6-7H2,(H,20,21)/b4-2+/t9?,12-/m0/s1. The van der Waals surface area contributed by atoms with E-state index in [2.05, 4.69) is 0 Å². The first kappa shape index (κ1) is 15.8. The normalized spacial score (nSPS) is 22.0. The molecule has 0 bridgehead atoms. The second-order valence-corrected chi connectivity index (χ2v) is 5.56. The first-order valence-corrected chi connectivity index (χ1v) is 6.98. The molecule has 2 atom stereocenters. The lowest BCUT2D eigenvalue weighted by Crippen LogP contribution is -2.39. The minimum Gasteiger partial charge on any atom is -0.480 e. The summed E-state index contributed by atoms with van der Waals surface area (Å²) < 4.78 is 0. The number of hydrogen-bond donors (Lipinski definition) is 2. The highest BCUT2D eigenvalue weighted by molar-refractivity contribution is 6.42. The van der Waals surface area contributed by atoms with E-state index in [1.807, 2.05) is 0 Å². The number of carbonyl (C=O) groups is 2. The SMILES string of the molecule is O=C(O)[C@@H]1CC(O)CN1C(=O)/C=C/c1ccc(Cl)c(Cl)c1. The monoisotopic (exact) mass is 329 g/mol. The molecule has 1 amide bonds. The van der Waals surface area contributed by atoms with E-state index >= 15 is 0 Å². The van der Waals surface area contributed by atoms with Gasteiger partial charge >= 0.3 is 5.97 Å². The highest BCUT2D eigenvalue weighted by Crippen LogP contribution is 2.23. The second-order valence-electron chi connectivity index (χ2n) is 4.74. The number of carbonyl (C=O) groups excluding carboxylic acids is 1. The summed E-state index contributed by atoms with van der Waals surface area (Å²) in [6.45, 7) is 0.0154. The summed E-state index contributed by atoms with van der Waals surface area (Å²) in [7, 11) is 0. The first-order valence-electron chi connectivity index (χ1n) is 6.23. The van der Waals surface area contributed by atoms with Crippen molar-refractivity contribution in [3.63, 3.8) is 0 Å². The van der Waals surface area contributed by atoms with Crippen LogP contribution < -0.4 is 0 Å². The van der Waals surface area contributed by atoms with Crippen molar-refractivity contribution in [2.45, 2.75) is 18.6 Å². The fraction of sp³-hybridized carbons (Fsp3) is 0.286. The van der Waals surface area contributed by atoms with Gasteiger partial charge in [-0.2, -0.15) is 0 Å². The van der Waals surface area contributed by atoms with E-state index in [9.17, 15) is 14.7 Å². The Labute approximate surface area is 131 Å². The number of carboxylic acid groups (broad SMARTS) is 1. The van der Waals surface area contributed by atoms with Gasteiger partial charge < -0.3 is 15.1 Å². The lowest BCUT2D eigenvalue weighted by atomic mass is 10.2. The van der Waals surface area contributed by atoms with Gasteiger partial charge in [0, 0.05) is 19.0 Å². The average molecular weight is 330 g/mol. The third kappa shape index (κ3) is 3.75. The van der Waals surface area contributed by atoms with Crippen LogP contribution in [0.3, 0.4) is 0 Å². The molecule has 0 aromatic heterocycles. The number of amides is 1. The number of hydrogen-bond acceptors (Lipinski definition) is 3. The molecule has 21 heavy (non-hydrogen) atoms. The molecular weight excluding hydrogens is 317 g/mol. The quantitative estimate of drug-likeness (QED) is 0.832. The third-order valence-electron chi connectivity index (χ3n) is 3.21. The van der Waals surface area contributed by atoms with E-state index in [0.29, 0.717) is 15.6 Å². The molecule has 5 nitrogen and oxygen atoms in total. The molecule has 2 rings (SSSR count). The Kier molecular flexibility index (Phi) is 4.88. The number of halogens is 2. The molecule has 2 N–H and O–H groups in total. The Hall–Kier alpha value is -1.56. The van der Waals surface area contributed by atoms with E-state index in [1.54, 1.807) is 18.2 Å². The van der Waals surface area contributed by atoms with Crippen LogP contribution in [0.15, 0.2) is 24.3 Å². The number of benzene rings is 1. The maximum atomic E-state index is 12.0. The van der Waals surface area contributed by atoms with Crippen LogP contribution in [-0.2, 0) is 9.59 Å². The Bertz CT molecular complexity index is 603. The van der Waals surface area contributed by atoms with Crippen LogP contribution in [0.25, 0.3) is 6.08 Å². The van der Waals surface area contributed by atoms with Gasteiger partial charge in [-0.25, -0.2) is 4.79 Å². The average Bonchev–Trinajstić information content (AvgIpc) is 2.82. The Morgan fingerprint density at radius 1 is 1.29 bits per heavy atom. The van der Waals surface area contributed by atoms with Crippen LogP contribution in [0.2, 0.25) is 10.0 Å². The molecule has 7 heteroatoms. The summed E-state index contributed by atoms with van der Waals surface area (Å²) in [6.07, 6.45) is 2.01. The zero-order chi connectivity index (χ0) is 15.6. The smallest absolute Gasteiger partial charge is 0.326 e. The molecule has 0 spiro atoms. The Balaban J connectivity index is 2.11. The van der Waals surface area contributed by atoms with Crippen LogP contribution in [0.1, 0.15) is 12.0 Å². The molecule has 1 unspecified atom stereocenters. The van der Waals surface area contributed by atoms with Crippen molar-refractivity contribution in [1.29, 1.82) is 0 Å². The number of carboxylic acids is 1. The van der Waals surface area contributed by atoms with Crippen LogP contribution in [-0.4, -0.2) is 45.7 Å². The van der Waals surface area contributed by atoms with Gasteiger partial charge in [0.05, 0.1) is 16.1 Å². The van der Waals surface area contributed by atoms with Gasteiger partial charge in [0.1, 0.15) is 6.04 Å². The zero-order valence-corrected chi connectivity index (χ0v) is 12.4. The van der Waals surface area contributed by atoms with Crippen LogP contribution in [0, 0.1) is 0 Å². The van der Waals surface area contributed by atoms with Crippen LogP contribution >= 0.6 is 23.2 Å². The van der Waals surface area contributed by atoms with E-state index in [0.717, 1.165) is 4.90 Å².